The Morgan fingerprint density at radius 3 is 2.95 bits per heavy atom. The molecule has 6 heteroatoms. The molecule has 104 valence electrons. The van der Waals surface area contributed by atoms with Crippen molar-refractivity contribution in [3.63, 3.8) is 0 Å². The van der Waals surface area contributed by atoms with Crippen molar-refractivity contribution in [1.29, 1.82) is 0 Å². The summed E-state index contributed by atoms with van der Waals surface area (Å²) in [5.74, 6) is -0.00288. The van der Waals surface area contributed by atoms with E-state index in [0.29, 0.717) is 18.5 Å². The predicted octanol–water partition coefficient (Wildman–Crippen LogP) is 1.05. The molecule has 19 heavy (non-hydrogen) atoms. The molecule has 1 aromatic rings. The number of esters is 1. The molecule has 1 saturated heterocycles. The zero-order chi connectivity index (χ0) is 13.4. The number of likely N-dealkylation sites (tertiary alicyclic amines) is 1. The van der Waals surface area contributed by atoms with Crippen molar-refractivity contribution < 1.29 is 9.53 Å². The molecular formula is C13H20N4O2. The van der Waals surface area contributed by atoms with Crippen LogP contribution >= 0.6 is 0 Å². The average Bonchev–Trinajstić information content (AvgIpc) is 3.00. The molecule has 1 aliphatic heterocycles. The molecule has 0 bridgehead atoms. The van der Waals surface area contributed by atoms with Gasteiger partial charge in [0, 0.05) is 19.1 Å². The predicted molar refractivity (Wildman–Crippen MR) is 70.8 cm³/mol. The lowest BCUT2D eigenvalue weighted by molar-refractivity contribution is 0.0521. The summed E-state index contributed by atoms with van der Waals surface area (Å²) in [6.07, 6.45) is 5.38. The van der Waals surface area contributed by atoms with E-state index in [-0.39, 0.29) is 5.69 Å². The highest BCUT2D eigenvalue weighted by molar-refractivity contribution is 5.92. The fourth-order valence-corrected chi connectivity index (χ4v) is 2.78. The van der Waals surface area contributed by atoms with Crippen LogP contribution in [0.4, 0.5) is 5.82 Å². The third-order valence-electron chi connectivity index (χ3n) is 3.95. The number of nitrogens with two attached hydrogens (primary N) is 1. The van der Waals surface area contributed by atoms with E-state index in [1.807, 2.05) is 4.57 Å². The lowest BCUT2D eigenvalue weighted by Crippen LogP contribution is -2.24. The van der Waals surface area contributed by atoms with Crippen molar-refractivity contribution in [2.75, 3.05) is 25.4 Å². The van der Waals surface area contributed by atoms with Gasteiger partial charge in [0.25, 0.3) is 0 Å². The Morgan fingerprint density at radius 2 is 2.26 bits per heavy atom. The second-order valence-corrected chi connectivity index (χ2v) is 5.27. The number of carbonyl (C=O) groups excluding carboxylic acids is 1. The largest absolute Gasteiger partial charge is 0.461 e. The number of aromatic nitrogens is 2. The van der Waals surface area contributed by atoms with Crippen molar-refractivity contribution in [2.24, 2.45) is 0 Å². The second kappa shape index (κ2) is 4.85. The van der Waals surface area contributed by atoms with E-state index in [1.165, 1.54) is 12.8 Å². The standard InChI is InChI=1S/C13H20N4O2/c1-2-19-13(18)11-12(14)17(8-15-11)10-5-6-16(7-10)9-3-4-9/h8-10H,2-7,14H2,1H3. The number of anilines is 1. The van der Waals surface area contributed by atoms with Crippen LogP contribution < -0.4 is 5.73 Å². The first kappa shape index (κ1) is 12.5. The van der Waals surface area contributed by atoms with Crippen LogP contribution in [0.5, 0.6) is 0 Å². The summed E-state index contributed by atoms with van der Waals surface area (Å²) in [7, 11) is 0. The van der Waals surface area contributed by atoms with Crippen LogP contribution in [0.2, 0.25) is 0 Å². The van der Waals surface area contributed by atoms with E-state index < -0.39 is 5.97 Å². The number of rotatable bonds is 4. The van der Waals surface area contributed by atoms with Gasteiger partial charge in [-0.25, -0.2) is 9.78 Å². The molecule has 0 spiro atoms. The van der Waals surface area contributed by atoms with E-state index in [0.717, 1.165) is 25.6 Å². The van der Waals surface area contributed by atoms with Crippen LogP contribution in [0.1, 0.15) is 42.7 Å². The van der Waals surface area contributed by atoms with Gasteiger partial charge in [0.1, 0.15) is 5.82 Å². The molecule has 1 unspecified atom stereocenters. The third kappa shape index (κ3) is 2.32. The van der Waals surface area contributed by atoms with Crippen LogP contribution in [0.25, 0.3) is 0 Å². The topological polar surface area (TPSA) is 73.4 Å². The molecule has 2 N–H and O–H groups in total. The molecule has 2 fully saturated rings. The van der Waals surface area contributed by atoms with Gasteiger partial charge in [0.05, 0.1) is 19.0 Å². The maximum Gasteiger partial charge on any atom is 0.360 e. The molecule has 6 nitrogen and oxygen atoms in total. The van der Waals surface area contributed by atoms with Gasteiger partial charge in [-0.05, 0) is 26.2 Å². The van der Waals surface area contributed by atoms with Gasteiger partial charge in [-0.2, -0.15) is 0 Å². The second-order valence-electron chi connectivity index (χ2n) is 5.27. The summed E-state index contributed by atoms with van der Waals surface area (Å²) in [4.78, 5) is 18.3. The fraction of sp³-hybridized carbons (Fsp3) is 0.692. The third-order valence-corrected chi connectivity index (χ3v) is 3.95. The Balaban J connectivity index is 1.73. The summed E-state index contributed by atoms with van der Waals surface area (Å²) >= 11 is 0. The number of hydrogen-bond donors (Lipinski definition) is 1. The van der Waals surface area contributed by atoms with Gasteiger partial charge in [0.15, 0.2) is 5.69 Å². The average molecular weight is 264 g/mol. The Morgan fingerprint density at radius 1 is 1.47 bits per heavy atom. The van der Waals surface area contributed by atoms with Gasteiger partial charge < -0.3 is 15.0 Å². The number of nitrogen functional groups attached to an aromatic ring is 1. The van der Waals surface area contributed by atoms with E-state index in [1.54, 1.807) is 13.3 Å². The van der Waals surface area contributed by atoms with Crippen molar-refractivity contribution >= 4 is 11.8 Å². The zero-order valence-corrected chi connectivity index (χ0v) is 11.2. The number of hydrogen-bond acceptors (Lipinski definition) is 5. The SMILES string of the molecule is CCOC(=O)c1ncn(C2CCN(C3CC3)C2)c1N. The molecule has 2 aliphatic rings. The fourth-order valence-electron chi connectivity index (χ4n) is 2.78. The van der Waals surface area contributed by atoms with E-state index >= 15 is 0 Å². The van der Waals surface area contributed by atoms with Gasteiger partial charge in [-0.1, -0.05) is 0 Å². The van der Waals surface area contributed by atoms with Gasteiger partial charge in [0.2, 0.25) is 0 Å². The lowest BCUT2D eigenvalue weighted by atomic mass is 10.2. The van der Waals surface area contributed by atoms with Crippen LogP contribution in [0.3, 0.4) is 0 Å². The summed E-state index contributed by atoms with van der Waals surface area (Å²) in [6, 6.07) is 1.11. The quantitative estimate of drug-likeness (QED) is 0.823. The molecule has 0 radical (unpaired) electrons. The van der Waals surface area contributed by atoms with Crippen molar-refractivity contribution in [1.82, 2.24) is 14.5 Å². The summed E-state index contributed by atoms with van der Waals surface area (Å²) in [6.45, 7) is 4.23. The highest BCUT2D eigenvalue weighted by atomic mass is 16.5. The monoisotopic (exact) mass is 264 g/mol. The first-order valence-electron chi connectivity index (χ1n) is 6.94. The molecule has 0 aromatic carbocycles. The van der Waals surface area contributed by atoms with Crippen LogP contribution in [-0.4, -0.2) is 46.2 Å². The molecule has 3 rings (SSSR count). The molecule has 0 amide bonds. The van der Waals surface area contributed by atoms with Crippen LogP contribution in [-0.2, 0) is 4.74 Å². The van der Waals surface area contributed by atoms with E-state index in [4.69, 9.17) is 10.5 Å². The first-order valence-corrected chi connectivity index (χ1v) is 6.94. The summed E-state index contributed by atoms with van der Waals surface area (Å²) < 4.78 is 6.87. The number of ether oxygens (including phenoxy) is 1. The Kier molecular flexibility index (Phi) is 3.18. The van der Waals surface area contributed by atoms with Crippen molar-refractivity contribution in [2.45, 2.75) is 38.3 Å². The molecular weight excluding hydrogens is 244 g/mol. The Hall–Kier alpha value is -1.56. The van der Waals surface area contributed by atoms with E-state index in [9.17, 15) is 4.79 Å². The van der Waals surface area contributed by atoms with Gasteiger partial charge in [-0.15, -0.1) is 0 Å². The number of nitrogens with zero attached hydrogens (tertiary/aromatic N) is 3. The van der Waals surface area contributed by atoms with Crippen LogP contribution in [0, 0.1) is 0 Å². The summed E-state index contributed by atoms with van der Waals surface area (Å²) in [5, 5.41) is 0. The zero-order valence-electron chi connectivity index (χ0n) is 11.2. The molecule has 1 atom stereocenters. The maximum atomic E-state index is 11.7. The Bertz CT molecular complexity index is 481. The Labute approximate surface area is 112 Å². The highest BCUT2D eigenvalue weighted by Gasteiger charge is 2.35. The molecule has 2 heterocycles. The minimum absolute atomic E-state index is 0.242. The van der Waals surface area contributed by atoms with Crippen molar-refractivity contribution in [3.8, 4) is 0 Å². The van der Waals surface area contributed by atoms with Gasteiger partial charge >= 0.3 is 5.97 Å². The number of carbonyl (C=O) groups is 1. The normalized spacial score (nSPS) is 23.7. The summed E-state index contributed by atoms with van der Waals surface area (Å²) in [5.41, 5.74) is 6.27. The van der Waals surface area contributed by atoms with E-state index in [2.05, 4.69) is 9.88 Å². The smallest absolute Gasteiger partial charge is 0.360 e. The molecule has 1 aromatic heterocycles. The molecule has 1 saturated carbocycles. The molecule has 1 aliphatic carbocycles. The van der Waals surface area contributed by atoms with Crippen molar-refractivity contribution in [3.05, 3.63) is 12.0 Å². The van der Waals surface area contributed by atoms with Gasteiger partial charge in [-0.3, -0.25) is 4.90 Å². The lowest BCUT2D eigenvalue weighted by Gasteiger charge is -2.16. The highest BCUT2D eigenvalue weighted by Crippen LogP contribution is 2.34. The minimum atomic E-state index is -0.434. The minimum Gasteiger partial charge on any atom is -0.461 e. The van der Waals surface area contributed by atoms with Crippen LogP contribution in [0.15, 0.2) is 6.33 Å². The maximum absolute atomic E-state index is 11.7. The first-order chi connectivity index (χ1) is 9.20. The number of imidazole rings is 1.